The molecule has 0 radical (unpaired) electrons. The van der Waals surface area contributed by atoms with Gasteiger partial charge in [-0.15, -0.1) is 0 Å². The number of hydrogen-bond acceptors (Lipinski definition) is 4. The van der Waals surface area contributed by atoms with Crippen molar-refractivity contribution in [2.45, 2.75) is 38.1 Å². The first kappa shape index (κ1) is 16.5. The zero-order chi connectivity index (χ0) is 16.5. The Morgan fingerprint density at radius 1 is 1.00 bits per heavy atom. The van der Waals surface area contributed by atoms with E-state index >= 15 is 0 Å². The molecule has 0 bridgehead atoms. The van der Waals surface area contributed by atoms with Gasteiger partial charge in [-0.25, -0.2) is 17.9 Å². The molecule has 1 aromatic heterocycles. The highest BCUT2D eigenvalue weighted by atomic mass is 32.2. The van der Waals surface area contributed by atoms with Crippen molar-refractivity contribution in [2.24, 2.45) is 0 Å². The van der Waals surface area contributed by atoms with Crippen LogP contribution in [0, 0.1) is 6.92 Å². The highest BCUT2D eigenvalue weighted by molar-refractivity contribution is 7.89. The van der Waals surface area contributed by atoms with Crippen LogP contribution in [0.25, 0.3) is 11.1 Å². The van der Waals surface area contributed by atoms with Crippen LogP contribution in [0.2, 0.25) is 0 Å². The maximum Gasteiger partial charge on any atom is 0.336 e. The summed E-state index contributed by atoms with van der Waals surface area (Å²) in [6, 6.07) is 9.50. The maximum absolute atomic E-state index is 12.2. The number of aryl methyl sites for hydroxylation is 1. The molecule has 6 heteroatoms. The molecule has 0 amide bonds. The third kappa shape index (κ3) is 4.05. The van der Waals surface area contributed by atoms with Crippen LogP contribution in [0.3, 0.4) is 0 Å². The maximum atomic E-state index is 12.2. The van der Waals surface area contributed by atoms with Crippen molar-refractivity contribution in [2.75, 3.05) is 0 Å². The molecule has 0 atom stereocenters. The Kier molecular flexibility index (Phi) is 4.26. The average Bonchev–Trinajstić information content (AvgIpc) is 2.35. The minimum atomic E-state index is -3.56. The van der Waals surface area contributed by atoms with E-state index in [-0.39, 0.29) is 4.90 Å². The highest BCUT2D eigenvalue weighted by Gasteiger charge is 2.21. The van der Waals surface area contributed by atoms with Gasteiger partial charge in [-0.05, 0) is 57.0 Å². The topological polar surface area (TPSA) is 76.4 Å². The van der Waals surface area contributed by atoms with Crippen LogP contribution < -0.4 is 10.3 Å². The van der Waals surface area contributed by atoms with Gasteiger partial charge in [0.25, 0.3) is 0 Å². The molecule has 0 spiro atoms. The fourth-order valence-corrected chi connectivity index (χ4v) is 3.48. The molecule has 0 unspecified atom stereocenters. The smallest absolute Gasteiger partial charge is 0.336 e. The van der Waals surface area contributed by atoms with Crippen molar-refractivity contribution >= 4 is 10.0 Å². The SMILES string of the molecule is Cc1cc(-c2ccc(S(=O)(=O)NC(C)(C)C)cc2)cc(=O)o1. The summed E-state index contributed by atoms with van der Waals surface area (Å²) < 4.78 is 32.0. The largest absolute Gasteiger partial charge is 0.428 e. The quantitative estimate of drug-likeness (QED) is 0.943. The summed E-state index contributed by atoms with van der Waals surface area (Å²) in [6.07, 6.45) is 0. The predicted molar refractivity (Wildman–Crippen MR) is 85.2 cm³/mol. The van der Waals surface area contributed by atoms with E-state index in [2.05, 4.69) is 4.72 Å². The summed E-state index contributed by atoms with van der Waals surface area (Å²) in [5, 5.41) is 0. The molecule has 2 aromatic rings. The minimum Gasteiger partial charge on any atom is -0.428 e. The lowest BCUT2D eigenvalue weighted by molar-refractivity contribution is 0.481. The van der Waals surface area contributed by atoms with Gasteiger partial charge < -0.3 is 4.42 Å². The second kappa shape index (κ2) is 5.70. The molecular weight excluding hydrogens is 302 g/mol. The Labute approximate surface area is 130 Å². The van der Waals surface area contributed by atoms with E-state index in [1.165, 1.54) is 18.2 Å². The first-order valence-corrected chi connectivity index (χ1v) is 8.31. The predicted octanol–water partition coefficient (Wildman–Crippen LogP) is 2.69. The number of nitrogens with one attached hydrogen (secondary N) is 1. The van der Waals surface area contributed by atoms with Gasteiger partial charge in [0.2, 0.25) is 10.0 Å². The van der Waals surface area contributed by atoms with E-state index in [1.807, 2.05) is 0 Å². The third-order valence-electron chi connectivity index (χ3n) is 2.83. The monoisotopic (exact) mass is 321 g/mol. The Morgan fingerprint density at radius 3 is 2.09 bits per heavy atom. The van der Waals surface area contributed by atoms with E-state index in [9.17, 15) is 13.2 Å². The van der Waals surface area contributed by atoms with Gasteiger partial charge in [0, 0.05) is 11.6 Å². The van der Waals surface area contributed by atoms with Crippen molar-refractivity contribution < 1.29 is 12.8 Å². The van der Waals surface area contributed by atoms with Crippen molar-refractivity contribution in [1.82, 2.24) is 4.72 Å². The van der Waals surface area contributed by atoms with Crippen LogP contribution in [0.1, 0.15) is 26.5 Å². The summed E-state index contributed by atoms with van der Waals surface area (Å²) in [5.74, 6) is 0.508. The zero-order valence-electron chi connectivity index (χ0n) is 13.0. The number of rotatable bonds is 3. The van der Waals surface area contributed by atoms with Crippen molar-refractivity contribution in [1.29, 1.82) is 0 Å². The summed E-state index contributed by atoms with van der Waals surface area (Å²) in [7, 11) is -3.56. The van der Waals surface area contributed by atoms with Crippen LogP contribution in [0.4, 0.5) is 0 Å². The Hall–Kier alpha value is -1.92. The molecule has 0 saturated heterocycles. The molecule has 2 rings (SSSR count). The second-order valence-corrected chi connectivity index (χ2v) is 7.84. The van der Waals surface area contributed by atoms with E-state index in [0.29, 0.717) is 11.3 Å². The van der Waals surface area contributed by atoms with E-state index in [4.69, 9.17) is 4.42 Å². The van der Waals surface area contributed by atoms with Gasteiger partial charge in [-0.3, -0.25) is 0 Å². The molecule has 0 aliphatic heterocycles. The molecule has 1 N–H and O–H groups in total. The summed E-state index contributed by atoms with van der Waals surface area (Å²) in [4.78, 5) is 11.6. The first-order chi connectivity index (χ1) is 10.1. The van der Waals surface area contributed by atoms with Crippen LogP contribution >= 0.6 is 0 Å². The van der Waals surface area contributed by atoms with Crippen LogP contribution in [-0.4, -0.2) is 14.0 Å². The van der Waals surface area contributed by atoms with Crippen LogP contribution in [-0.2, 0) is 10.0 Å². The summed E-state index contributed by atoms with van der Waals surface area (Å²) in [5.41, 5.74) is 0.473. The molecule has 0 saturated carbocycles. The fraction of sp³-hybridized carbons (Fsp3) is 0.312. The molecule has 0 fully saturated rings. The first-order valence-electron chi connectivity index (χ1n) is 6.83. The van der Waals surface area contributed by atoms with Gasteiger partial charge >= 0.3 is 5.63 Å². The average molecular weight is 321 g/mol. The van der Waals surface area contributed by atoms with Gasteiger partial charge in [-0.1, -0.05) is 12.1 Å². The highest BCUT2D eigenvalue weighted by Crippen LogP contribution is 2.21. The number of benzene rings is 1. The minimum absolute atomic E-state index is 0.186. The lowest BCUT2D eigenvalue weighted by Crippen LogP contribution is -2.40. The van der Waals surface area contributed by atoms with Gasteiger partial charge in [0.15, 0.2) is 0 Å². The van der Waals surface area contributed by atoms with Crippen molar-refractivity contribution in [3.8, 4) is 11.1 Å². The van der Waals surface area contributed by atoms with Gasteiger partial charge in [0.1, 0.15) is 5.76 Å². The molecule has 0 aliphatic rings. The molecular formula is C16H19NO4S. The van der Waals surface area contributed by atoms with E-state index in [1.54, 1.807) is 45.9 Å². The van der Waals surface area contributed by atoms with Gasteiger partial charge in [0.05, 0.1) is 4.90 Å². The molecule has 118 valence electrons. The molecule has 5 nitrogen and oxygen atoms in total. The van der Waals surface area contributed by atoms with Crippen molar-refractivity contribution in [3.05, 3.63) is 52.6 Å². The molecule has 1 heterocycles. The lowest BCUT2D eigenvalue weighted by atomic mass is 10.1. The fourth-order valence-electron chi connectivity index (χ4n) is 2.06. The summed E-state index contributed by atoms with van der Waals surface area (Å²) in [6.45, 7) is 7.04. The third-order valence-corrected chi connectivity index (χ3v) is 4.61. The Morgan fingerprint density at radius 2 is 1.59 bits per heavy atom. The molecule has 0 aliphatic carbocycles. The number of hydrogen-bond donors (Lipinski definition) is 1. The normalized spacial score (nSPS) is 12.4. The molecule has 22 heavy (non-hydrogen) atoms. The summed E-state index contributed by atoms with van der Waals surface area (Å²) >= 11 is 0. The van der Waals surface area contributed by atoms with E-state index < -0.39 is 21.2 Å². The van der Waals surface area contributed by atoms with Gasteiger partial charge in [-0.2, -0.15) is 0 Å². The molecule has 1 aromatic carbocycles. The van der Waals surface area contributed by atoms with Crippen LogP contribution in [0.15, 0.2) is 50.5 Å². The van der Waals surface area contributed by atoms with Crippen LogP contribution in [0.5, 0.6) is 0 Å². The standard InChI is InChI=1S/C16H19NO4S/c1-11-9-13(10-15(18)21-11)12-5-7-14(8-6-12)22(19,20)17-16(2,3)4/h5-10,17H,1-4H3. The van der Waals surface area contributed by atoms with Crippen molar-refractivity contribution in [3.63, 3.8) is 0 Å². The lowest BCUT2D eigenvalue weighted by Gasteiger charge is -2.20. The number of sulfonamides is 1. The van der Waals surface area contributed by atoms with E-state index in [0.717, 1.165) is 5.56 Å². The second-order valence-electron chi connectivity index (χ2n) is 6.16. The Bertz CT molecular complexity index is 828. The zero-order valence-corrected chi connectivity index (χ0v) is 13.8. The Balaban J connectivity index is 2.37.